The Labute approximate surface area is 114 Å². The number of hydrogen-bond acceptors (Lipinski definition) is 3. The fourth-order valence-corrected chi connectivity index (χ4v) is 2.10. The summed E-state index contributed by atoms with van der Waals surface area (Å²) in [5, 5.41) is 10.6. The van der Waals surface area contributed by atoms with Crippen LogP contribution in [0.5, 0.6) is 0 Å². The zero-order chi connectivity index (χ0) is 14.2. The first-order valence-electron chi connectivity index (χ1n) is 6.95. The molecule has 0 spiro atoms. The number of imidazole rings is 1. The molecule has 0 aliphatic rings. The van der Waals surface area contributed by atoms with E-state index in [1.165, 1.54) is 0 Å². The Balaban J connectivity index is 2.55. The Hall–Kier alpha value is -1.42. The smallest absolute Gasteiger partial charge is 0.178 e. The Kier molecular flexibility index (Phi) is 3.63. The summed E-state index contributed by atoms with van der Waals surface area (Å²) in [7, 11) is 0. The maximum atomic E-state index is 10.6. The van der Waals surface area contributed by atoms with Crippen LogP contribution in [0.15, 0.2) is 6.07 Å². The molecule has 4 heteroatoms. The number of aromatic amines is 1. The fourth-order valence-electron chi connectivity index (χ4n) is 2.10. The monoisotopic (exact) mass is 261 g/mol. The van der Waals surface area contributed by atoms with Crippen LogP contribution < -0.4 is 0 Å². The number of aliphatic hydroxyl groups is 1. The zero-order valence-corrected chi connectivity index (χ0v) is 12.4. The lowest BCUT2D eigenvalue weighted by Gasteiger charge is -2.27. The average Bonchev–Trinajstić information content (AvgIpc) is 2.72. The van der Waals surface area contributed by atoms with Gasteiger partial charge in [0.15, 0.2) is 5.65 Å². The second kappa shape index (κ2) is 4.93. The van der Waals surface area contributed by atoms with Crippen molar-refractivity contribution >= 4 is 11.2 Å². The van der Waals surface area contributed by atoms with Gasteiger partial charge in [0.2, 0.25) is 0 Å². The molecule has 104 valence electrons. The minimum atomic E-state index is -0.928. The first-order chi connectivity index (χ1) is 8.86. The highest BCUT2D eigenvalue weighted by molar-refractivity contribution is 5.75. The molecule has 0 aromatic carbocycles. The summed E-state index contributed by atoms with van der Waals surface area (Å²) in [6.45, 7) is 9.95. The third-order valence-electron chi connectivity index (χ3n) is 3.84. The van der Waals surface area contributed by atoms with Crippen LogP contribution in [0.1, 0.15) is 51.2 Å². The SMILES string of the molecule is CCCc1nc2nc(C(C)(O)C(C)C)cc(C)c2[nH]1. The van der Waals surface area contributed by atoms with Gasteiger partial charge in [-0.2, -0.15) is 0 Å². The number of fused-ring (bicyclic) bond motifs is 1. The van der Waals surface area contributed by atoms with Gasteiger partial charge in [-0.05, 0) is 37.8 Å². The van der Waals surface area contributed by atoms with E-state index in [1.54, 1.807) is 0 Å². The van der Waals surface area contributed by atoms with E-state index in [1.807, 2.05) is 33.8 Å². The molecule has 0 radical (unpaired) electrons. The van der Waals surface area contributed by atoms with E-state index in [4.69, 9.17) is 0 Å². The average molecular weight is 261 g/mol. The highest BCUT2D eigenvalue weighted by Gasteiger charge is 2.29. The van der Waals surface area contributed by atoms with E-state index in [0.29, 0.717) is 11.3 Å². The molecule has 2 aromatic heterocycles. The molecule has 4 nitrogen and oxygen atoms in total. The van der Waals surface area contributed by atoms with Crippen LogP contribution in [-0.2, 0) is 12.0 Å². The molecule has 0 saturated carbocycles. The molecule has 2 N–H and O–H groups in total. The van der Waals surface area contributed by atoms with E-state index < -0.39 is 5.60 Å². The first kappa shape index (κ1) is 14.0. The van der Waals surface area contributed by atoms with Crippen LogP contribution in [-0.4, -0.2) is 20.1 Å². The molecule has 19 heavy (non-hydrogen) atoms. The molecule has 2 rings (SSSR count). The lowest BCUT2D eigenvalue weighted by molar-refractivity contribution is 0.00509. The van der Waals surface area contributed by atoms with Crippen molar-refractivity contribution in [1.82, 2.24) is 15.0 Å². The third-order valence-corrected chi connectivity index (χ3v) is 3.84. The van der Waals surface area contributed by atoms with Crippen molar-refractivity contribution in [3.05, 3.63) is 23.1 Å². The summed E-state index contributed by atoms with van der Waals surface area (Å²) in [6.07, 6.45) is 1.97. The van der Waals surface area contributed by atoms with Crippen LogP contribution >= 0.6 is 0 Å². The molecule has 0 amide bonds. The maximum absolute atomic E-state index is 10.6. The van der Waals surface area contributed by atoms with Crippen molar-refractivity contribution in [2.75, 3.05) is 0 Å². The second-order valence-electron chi connectivity index (χ2n) is 5.76. The highest BCUT2D eigenvalue weighted by Crippen LogP contribution is 2.29. The quantitative estimate of drug-likeness (QED) is 0.889. The molecule has 2 aromatic rings. The topological polar surface area (TPSA) is 61.8 Å². The zero-order valence-electron chi connectivity index (χ0n) is 12.4. The summed E-state index contributed by atoms with van der Waals surface area (Å²) < 4.78 is 0. The van der Waals surface area contributed by atoms with Crippen LogP contribution in [0.4, 0.5) is 0 Å². The van der Waals surface area contributed by atoms with Gasteiger partial charge in [0.1, 0.15) is 11.4 Å². The number of H-pyrrole nitrogens is 1. The minimum absolute atomic E-state index is 0.103. The van der Waals surface area contributed by atoms with Crippen LogP contribution in [0.25, 0.3) is 11.2 Å². The Morgan fingerprint density at radius 1 is 1.37 bits per heavy atom. The van der Waals surface area contributed by atoms with Gasteiger partial charge in [-0.3, -0.25) is 0 Å². The lowest BCUT2D eigenvalue weighted by Crippen LogP contribution is -2.29. The summed E-state index contributed by atoms with van der Waals surface area (Å²) in [6, 6.07) is 1.95. The van der Waals surface area contributed by atoms with Crippen LogP contribution in [0.3, 0.4) is 0 Å². The summed E-state index contributed by atoms with van der Waals surface area (Å²) in [5.41, 5.74) is 2.53. The molecule has 0 aliphatic heterocycles. The normalized spacial score (nSPS) is 15.1. The van der Waals surface area contributed by atoms with E-state index in [2.05, 4.69) is 21.9 Å². The van der Waals surface area contributed by atoms with Crippen LogP contribution in [0, 0.1) is 12.8 Å². The lowest BCUT2D eigenvalue weighted by atomic mass is 9.88. The van der Waals surface area contributed by atoms with Crippen molar-refractivity contribution in [3.63, 3.8) is 0 Å². The Morgan fingerprint density at radius 2 is 2.05 bits per heavy atom. The minimum Gasteiger partial charge on any atom is -0.384 e. The second-order valence-corrected chi connectivity index (χ2v) is 5.76. The fraction of sp³-hybridized carbons (Fsp3) is 0.600. The number of nitrogens with zero attached hydrogens (tertiary/aromatic N) is 2. The number of nitrogens with one attached hydrogen (secondary N) is 1. The molecule has 0 aliphatic carbocycles. The molecule has 0 fully saturated rings. The Morgan fingerprint density at radius 3 is 2.63 bits per heavy atom. The van der Waals surface area contributed by atoms with Gasteiger partial charge in [-0.25, -0.2) is 9.97 Å². The number of rotatable bonds is 4. The molecule has 0 saturated heterocycles. The van der Waals surface area contributed by atoms with Gasteiger partial charge in [0.05, 0.1) is 11.2 Å². The molecule has 2 heterocycles. The van der Waals surface area contributed by atoms with Crippen molar-refractivity contribution in [2.45, 2.75) is 53.1 Å². The molecular weight excluding hydrogens is 238 g/mol. The summed E-state index contributed by atoms with van der Waals surface area (Å²) in [4.78, 5) is 12.4. The first-order valence-corrected chi connectivity index (χ1v) is 6.95. The van der Waals surface area contributed by atoms with E-state index >= 15 is 0 Å². The summed E-state index contributed by atoms with van der Waals surface area (Å²) in [5.74, 6) is 1.07. The molecular formula is C15H23N3O. The molecule has 1 atom stereocenters. The van der Waals surface area contributed by atoms with Crippen molar-refractivity contribution in [1.29, 1.82) is 0 Å². The van der Waals surface area contributed by atoms with Gasteiger partial charge >= 0.3 is 0 Å². The largest absolute Gasteiger partial charge is 0.384 e. The van der Waals surface area contributed by atoms with Crippen molar-refractivity contribution < 1.29 is 5.11 Å². The molecule has 1 unspecified atom stereocenters. The molecule has 0 bridgehead atoms. The van der Waals surface area contributed by atoms with E-state index in [9.17, 15) is 5.11 Å². The van der Waals surface area contributed by atoms with Gasteiger partial charge in [-0.1, -0.05) is 20.8 Å². The predicted octanol–water partition coefficient (Wildman–Crippen LogP) is 3.08. The Bertz CT molecular complexity index is 584. The highest BCUT2D eigenvalue weighted by atomic mass is 16.3. The van der Waals surface area contributed by atoms with Gasteiger partial charge in [-0.15, -0.1) is 0 Å². The maximum Gasteiger partial charge on any atom is 0.178 e. The van der Waals surface area contributed by atoms with Gasteiger partial charge in [0.25, 0.3) is 0 Å². The van der Waals surface area contributed by atoms with E-state index in [-0.39, 0.29) is 5.92 Å². The van der Waals surface area contributed by atoms with Gasteiger partial charge in [0, 0.05) is 6.42 Å². The number of aromatic nitrogens is 3. The summed E-state index contributed by atoms with van der Waals surface area (Å²) >= 11 is 0. The standard InChI is InChI=1S/C15H23N3O/c1-6-7-12-17-13-10(4)8-11(16-14(13)18-12)15(5,19)9(2)3/h8-9,19H,6-7H2,1-5H3,(H,16,17,18). The number of hydrogen-bond donors (Lipinski definition) is 2. The third kappa shape index (κ3) is 2.50. The number of aryl methyl sites for hydroxylation is 2. The van der Waals surface area contributed by atoms with Gasteiger partial charge < -0.3 is 10.1 Å². The van der Waals surface area contributed by atoms with Crippen LogP contribution in [0.2, 0.25) is 0 Å². The van der Waals surface area contributed by atoms with E-state index in [0.717, 1.165) is 29.7 Å². The number of pyridine rings is 1. The van der Waals surface area contributed by atoms with Crippen molar-refractivity contribution in [3.8, 4) is 0 Å². The predicted molar refractivity (Wildman–Crippen MR) is 77.0 cm³/mol. The van der Waals surface area contributed by atoms with Crippen molar-refractivity contribution in [2.24, 2.45) is 5.92 Å².